The Kier molecular flexibility index (Phi) is 4.27. The van der Waals surface area contributed by atoms with Crippen LogP contribution in [0, 0.1) is 5.92 Å². The number of carbonyl (C=O) groups excluding carboxylic acids is 1. The SMILES string of the molecule is Nc1nc2c(c(=O)[nH]1)CCC21CCN(C(=O)CC2CCCOC2)CC1. The van der Waals surface area contributed by atoms with Gasteiger partial charge in [-0.25, -0.2) is 4.98 Å². The summed E-state index contributed by atoms with van der Waals surface area (Å²) in [7, 11) is 0. The van der Waals surface area contributed by atoms with Crippen molar-refractivity contribution in [2.45, 2.75) is 50.4 Å². The van der Waals surface area contributed by atoms with Gasteiger partial charge in [0, 0.05) is 43.7 Å². The minimum Gasteiger partial charge on any atom is -0.381 e. The van der Waals surface area contributed by atoms with Gasteiger partial charge >= 0.3 is 0 Å². The Morgan fingerprint density at radius 3 is 2.88 bits per heavy atom. The molecule has 3 heterocycles. The van der Waals surface area contributed by atoms with Crippen LogP contribution in [0.25, 0.3) is 0 Å². The maximum atomic E-state index is 12.6. The van der Waals surface area contributed by atoms with Crippen LogP contribution in [0.2, 0.25) is 0 Å². The highest BCUT2D eigenvalue weighted by molar-refractivity contribution is 5.76. The smallest absolute Gasteiger partial charge is 0.255 e. The molecule has 3 aliphatic rings. The van der Waals surface area contributed by atoms with Crippen LogP contribution < -0.4 is 11.3 Å². The molecule has 2 aliphatic heterocycles. The van der Waals surface area contributed by atoms with Crippen molar-refractivity contribution in [3.63, 3.8) is 0 Å². The lowest BCUT2D eigenvalue weighted by molar-refractivity contribution is -0.135. The highest BCUT2D eigenvalue weighted by Gasteiger charge is 2.44. The summed E-state index contributed by atoms with van der Waals surface area (Å²) >= 11 is 0. The summed E-state index contributed by atoms with van der Waals surface area (Å²) in [5.41, 5.74) is 7.24. The van der Waals surface area contributed by atoms with Gasteiger partial charge in [0.1, 0.15) is 0 Å². The molecule has 7 heteroatoms. The second-order valence-electron chi connectivity index (χ2n) is 7.73. The van der Waals surface area contributed by atoms with E-state index in [-0.39, 0.29) is 22.8 Å². The minimum absolute atomic E-state index is 0.0809. The maximum absolute atomic E-state index is 12.6. The zero-order chi connectivity index (χ0) is 17.4. The molecule has 1 atom stereocenters. The van der Waals surface area contributed by atoms with Crippen molar-refractivity contribution < 1.29 is 9.53 Å². The molecule has 3 N–H and O–H groups in total. The van der Waals surface area contributed by atoms with Gasteiger partial charge in [-0.1, -0.05) is 0 Å². The molecule has 1 amide bonds. The number of likely N-dealkylation sites (tertiary alicyclic amines) is 1. The van der Waals surface area contributed by atoms with Gasteiger partial charge in [0.2, 0.25) is 11.9 Å². The molecular formula is C18H26N4O3. The average molecular weight is 346 g/mol. The molecule has 1 aliphatic carbocycles. The molecule has 0 bridgehead atoms. The zero-order valence-electron chi connectivity index (χ0n) is 14.6. The van der Waals surface area contributed by atoms with Crippen LogP contribution in [0.15, 0.2) is 4.79 Å². The third-order valence-electron chi connectivity index (χ3n) is 6.18. The number of amides is 1. The third-order valence-corrected chi connectivity index (χ3v) is 6.18. The highest BCUT2D eigenvalue weighted by Crippen LogP contribution is 2.44. The lowest BCUT2D eigenvalue weighted by Crippen LogP contribution is -2.45. The Labute approximate surface area is 146 Å². The number of H-pyrrole nitrogens is 1. The number of nitrogens with zero attached hydrogens (tertiary/aromatic N) is 2. The van der Waals surface area contributed by atoms with Gasteiger partial charge in [-0.15, -0.1) is 0 Å². The first-order valence-corrected chi connectivity index (χ1v) is 9.32. The molecular weight excluding hydrogens is 320 g/mol. The molecule has 1 aromatic rings. The second-order valence-corrected chi connectivity index (χ2v) is 7.73. The van der Waals surface area contributed by atoms with Crippen molar-refractivity contribution in [1.82, 2.24) is 14.9 Å². The number of hydrogen-bond donors (Lipinski definition) is 2. The highest BCUT2D eigenvalue weighted by atomic mass is 16.5. The Morgan fingerprint density at radius 2 is 2.16 bits per heavy atom. The van der Waals surface area contributed by atoms with E-state index in [1.807, 2.05) is 4.90 Å². The summed E-state index contributed by atoms with van der Waals surface area (Å²) in [6.45, 7) is 3.01. The summed E-state index contributed by atoms with van der Waals surface area (Å²) in [4.78, 5) is 33.7. The summed E-state index contributed by atoms with van der Waals surface area (Å²) in [5, 5.41) is 0. The van der Waals surface area contributed by atoms with Crippen LogP contribution in [0.5, 0.6) is 0 Å². The number of aromatic amines is 1. The van der Waals surface area contributed by atoms with E-state index in [1.54, 1.807) is 0 Å². The molecule has 25 heavy (non-hydrogen) atoms. The second kappa shape index (κ2) is 6.44. The number of piperidine rings is 1. The van der Waals surface area contributed by atoms with Gasteiger partial charge < -0.3 is 15.4 Å². The fraction of sp³-hybridized carbons (Fsp3) is 0.722. The largest absolute Gasteiger partial charge is 0.381 e. The molecule has 1 unspecified atom stereocenters. The minimum atomic E-state index is -0.102. The first-order chi connectivity index (χ1) is 12.1. The standard InChI is InChI=1S/C18H26N4O3/c19-17-20-15-13(16(24)21-17)3-4-18(15)5-7-22(8-6-18)14(23)10-12-2-1-9-25-11-12/h12H,1-11H2,(H3,19,20,21,24). The van der Waals surface area contributed by atoms with Gasteiger partial charge in [-0.3, -0.25) is 14.6 Å². The van der Waals surface area contributed by atoms with E-state index in [2.05, 4.69) is 9.97 Å². The van der Waals surface area contributed by atoms with Crippen molar-refractivity contribution in [2.24, 2.45) is 5.92 Å². The van der Waals surface area contributed by atoms with Crippen LogP contribution >= 0.6 is 0 Å². The first kappa shape index (κ1) is 16.6. The fourth-order valence-corrected chi connectivity index (χ4v) is 4.68. The van der Waals surface area contributed by atoms with Crippen molar-refractivity contribution in [3.05, 3.63) is 21.6 Å². The molecule has 1 aromatic heterocycles. The molecule has 0 radical (unpaired) electrons. The van der Waals surface area contributed by atoms with E-state index >= 15 is 0 Å². The number of ether oxygens (including phenoxy) is 1. The summed E-state index contributed by atoms with van der Waals surface area (Å²) in [6.07, 6.45) is 6.15. The molecule has 7 nitrogen and oxygen atoms in total. The number of nitrogen functional groups attached to an aromatic ring is 1. The Hall–Kier alpha value is -1.89. The average Bonchev–Trinajstić information content (AvgIpc) is 2.95. The van der Waals surface area contributed by atoms with Crippen molar-refractivity contribution in [2.75, 3.05) is 32.0 Å². The van der Waals surface area contributed by atoms with Crippen LogP contribution in [0.1, 0.15) is 49.8 Å². The van der Waals surface area contributed by atoms with Crippen molar-refractivity contribution in [3.8, 4) is 0 Å². The normalized spacial score (nSPS) is 25.1. The lowest BCUT2D eigenvalue weighted by atomic mass is 9.76. The number of nitrogens with two attached hydrogens (primary N) is 1. The predicted molar refractivity (Wildman–Crippen MR) is 93.2 cm³/mol. The zero-order valence-corrected chi connectivity index (χ0v) is 14.6. The monoisotopic (exact) mass is 346 g/mol. The van der Waals surface area contributed by atoms with Crippen LogP contribution in [-0.2, 0) is 21.4 Å². The van der Waals surface area contributed by atoms with Crippen molar-refractivity contribution in [1.29, 1.82) is 0 Å². The number of nitrogens with one attached hydrogen (secondary N) is 1. The van der Waals surface area contributed by atoms with Gasteiger partial charge in [0.25, 0.3) is 5.56 Å². The van der Waals surface area contributed by atoms with Gasteiger partial charge in [-0.05, 0) is 44.4 Å². The number of hydrogen-bond acceptors (Lipinski definition) is 5. The number of carbonyl (C=O) groups is 1. The van der Waals surface area contributed by atoms with E-state index in [9.17, 15) is 9.59 Å². The van der Waals surface area contributed by atoms with E-state index < -0.39 is 0 Å². The molecule has 2 saturated heterocycles. The number of aromatic nitrogens is 2. The topological polar surface area (TPSA) is 101 Å². The quantitative estimate of drug-likeness (QED) is 0.831. The lowest BCUT2D eigenvalue weighted by Gasteiger charge is -2.40. The van der Waals surface area contributed by atoms with Crippen molar-refractivity contribution >= 4 is 11.9 Å². The van der Waals surface area contributed by atoms with E-state index in [4.69, 9.17) is 10.5 Å². The van der Waals surface area contributed by atoms with Crippen LogP contribution in [0.3, 0.4) is 0 Å². The van der Waals surface area contributed by atoms with E-state index in [0.29, 0.717) is 18.9 Å². The molecule has 4 rings (SSSR count). The maximum Gasteiger partial charge on any atom is 0.255 e. The predicted octanol–water partition coefficient (Wildman–Crippen LogP) is 0.975. The third kappa shape index (κ3) is 3.05. The Balaban J connectivity index is 1.42. The van der Waals surface area contributed by atoms with Gasteiger partial charge in [0.05, 0.1) is 5.69 Å². The molecule has 1 spiro atoms. The van der Waals surface area contributed by atoms with Gasteiger partial charge in [0.15, 0.2) is 0 Å². The van der Waals surface area contributed by atoms with Gasteiger partial charge in [-0.2, -0.15) is 0 Å². The first-order valence-electron chi connectivity index (χ1n) is 9.32. The number of fused-ring (bicyclic) bond motifs is 2. The molecule has 2 fully saturated rings. The molecule has 136 valence electrons. The summed E-state index contributed by atoms with van der Waals surface area (Å²) in [5.74, 6) is 0.798. The van der Waals surface area contributed by atoms with E-state index in [1.165, 1.54) is 0 Å². The Morgan fingerprint density at radius 1 is 1.36 bits per heavy atom. The molecule has 0 aromatic carbocycles. The van der Waals surface area contributed by atoms with E-state index in [0.717, 1.165) is 69.5 Å². The summed E-state index contributed by atoms with van der Waals surface area (Å²) < 4.78 is 5.48. The summed E-state index contributed by atoms with van der Waals surface area (Å²) in [6, 6.07) is 0. The van der Waals surface area contributed by atoms with Crippen LogP contribution in [-0.4, -0.2) is 47.1 Å². The van der Waals surface area contributed by atoms with Crippen LogP contribution in [0.4, 0.5) is 5.95 Å². The molecule has 0 saturated carbocycles. The Bertz CT molecular complexity index is 716. The fourth-order valence-electron chi connectivity index (χ4n) is 4.68. The number of rotatable bonds is 2. The number of anilines is 1.